The minimum absolute atomic E-state index is 0.0423. The van der Waals surface area contributed by atoms with Gasteiger partial charge in [-0.15, -0.1) is 0 Å². The lowest BCUT2D eigenvalue weighted by Crippen LogP contribution is -2.50. The van der Waals surface area contributed by atoms with Gasteiger partial charge in [0.1, 0.15) is 16.4 Å². The molecule has 0 bridgehead atoms. The number of pyridine rings is 1. The molecule has 14 heteroatoms. The SMILES string of the molecule is CCN([C@H]1CCC2=Cc3c(cnn3-c3ccc(F)cc3)C[C@]2(C(=O)c2cc(C(F)(F)F)ccn2)C1)S(=O)(=O)c1cnn(C2CC2)c1. The van der Waals surface area contributed by atoms with Gasteiger partial charge in [0.25, 0.3) is 0 Å². The number of alkyl halides is 3. The molecule has 3 aliphatic rings. The van der Waals surface area contributed by atoms with E-state index in [-0.39, 0.29) is 36.0 Å². The van der Waals surface area contributed by atoms with Crippen LogP contribution in [0.15, 0.2) is 71.7 Å². The molecular formula is C32H30F4N6O3S. The summed E-state index contributed by atoms with van der Waals surface area (Å²) in [5, 5.41) is 8.75. The number of carbonyl (C=O) groups excluding carboxylic acids is 1. The first-order chi connectivity index (χ1) is 21.9. The normalized spacial score (nSPS) is 21.5. The van der Waals surface area contributed by atoms with Crippen LogP contribution < -0.4 is 0 Å². The van der Waals surface area contributed by atoms with Crippen molar-refractivity contribution in [3.8, 4) is 5.69 Å². The minimum Gasteiger partial charge on any atom is -0.291 e. The van der Waals surface area contributed by atoms with Gasteiger partial charge in [0.15, 0.2) is 5.78 Å². The summed E-state index contributed by atoms with van der Waals surface area (Å²) in [5.74, 6) is -1.01. The van der Waals surface area contributed by atoms with Gasteiger partial charge < -0.3 is 0 Å². The molecule has 7 rings (SSSR count). The lowest BCUT2D eigenvalue weighted by molar-refractivity contribution is -0.137. The van der Waals surface area contributed by atoms with Crippen molar-refractivity contribution in [2.45, 2.75) is 68.6 Å². The van der Waals surface area contributed by atoms with E-state index in [1.807, 2.05) is 6.08 Å². The highest BCUT2D eigenvalue weighted by molar-refractivity contribution is 7.89. The Balaban J connectivity index is 1.30. The molecule has 0 spiro atoms. The van der Waals surface area contributed by atoms with E-state index in [1.54, 1.807) is 34.6 Å². The molecule has 3 heterocycles. The van der Waals surface area contributed by atoms with Crippen molar-refractivity contribution in [2.24, 2.45) is 5.41 Å². The van der Waals surface area contributed by atoms with Crippen LogP contribution in [0.1, 0.15) is 72.4 Å². The molecule has 0 N–H and O–H groups in total. The van der Waals surface area contributed by atoms with Crippen LogP contribution in [-0.2, 0) is 22.6 Å². The number of hydrogen-bond acceptors (Lipinski definition) is 6. The summed E-state index contributed by atoms with van der Waals surface area (Å²) in [4.78, 5) is 18.6. The number of aromatic nitrogens is 5. The summed E-state index contributed by atoms with van der Waals surface area (Å²) >= 11 is 0. The van der Waals surface area contributed by atoms with E-state index in [2.05, 4.69) is 15.2 Å². The van der Waals surface area contributed by atoms with Crippen molar-refractivity contribution in [3.05, 3.63) is 95.1 Å². The summed E-state index contributed by atoms with van der Waals surface area (Å²) in [5.41, 5.74) is -0.108. The van der Waals surface area contributed by atoms with Crippen LogP contribution in [0.3, 0.4) is 0 Å². The summed E-state index contributed by atoms with van der Waals surface area (Å²) in [6.45, 7) is 1.85. The van der Waals surface area contributed by atoms with E-state index in [0.29, 0.717) is 35.4 Å². The Morgan fingerprint density at radius 3 is 2.54 bits per heavy atom. The van der Waals surface area contributed by atoms with Gasteiger partial charge in [0, 0.05) is 25.0 Å². The molecule has 9 nitrogen and oxygen atoms in total. The van der Waals surface area contributed by atoms with Crippen LogP contribution in [0.2, 0.25) is 0 Å². The van der Waals surface area contributed by atoms with Gasteiger partial charge in [-0.3, -0.25) is 14.5 Å². The second-order valence-electron chi connectivity index (χ2n) is 12.1. The molecule has 46 heavy (non-hydrogen) atoms. The topological polar surface area (TPSA) is 103 Å². The Bertz CT molecular complexity index is 1960. The van der Waals surface area contributed by atoms with Crippen molar-refractivity contribution in [2.75, 3.05) is 6.54 Å². The Labute approximate surface area is 262 Å². The third-order valence-corrected chi connectivity index (χ3v) is 11.3. The van der Waals surface area contributed by atoms with E-state index in [1.165, 1.54) is 28.8 Å². The molecule has 3 aromatic heterocycles. The maximum atomic E-state index is 14.5. The van der Waals surface area contributed by atoms with Gasteiger partial charge in [-0.1, -0.05) is 12.5 Å². The quantitative estimate of drug-likeness (QED) is 0.170. The smallest absolute Gasteiger partial charge is 0.291 e. The fraction of sp³-hybridized carbons (Fsp3) is 0.375. The Morgan fingerprint density at radius 1 is 1.09 bits per heavy atom. The first kappa shape index (κ1) is 30.5. The van der Waals surface area contributed by atoms with Crippen LogP contribution in [0.5, 0.6) is 0 Å². The summed E-state index contributed by atoms with van der Waals surface area (Å²) in [6, 6.07) is 6.91. The predicted molar refractivity (Wildman–Crippen MR) is 159 cm³/mol. The first-order valence-electron chi connectivity index (χ1n) is 15.1. The van der Waals surface area contributed by atoms with Crippen molar-refractivity contribution in [1.29, 1.82) is 0 Å². The van der Waals surface area contributed by atoms with Crippen LogP contribution in [0.25, 0.3) is 11.8 Å². The van der Waals surface area contributed by atoms with Crippen molar-refractivity contribution in [1.82, 2.24) is 28.9 Å². The van der Waals surface area contributed by atoms with E-state index in [0.717, 1.165) is 31.2 Å². The number of sulfonamides is 1. The zero-order valence-corrected chi connectivity index (χ0v) is 25.6. The van der Waals surface area contributed by atoms with Gasteiger partial charge in [-0.25, -0.2) is 17.5 Å². The fourth-order valence-corrected chi connectivity index (χ4v) is 8.45. The number of fused-ring (bicyclic) bond motifs is 2. The number of Topliss-reactive ketones (excluding diaryl/α,β-unsaturated/α-hetero) is 1. The predicted octanol–water partition coefficient (Wildman–Crippen LogP) is 6.03. The summed E-state index contributed by atoms with van der Waals surface area (Å²) < 4.78 is 87.3. The highest BCUT2D eigenvalue weighted by Crippen LogP contribution is 2.51. The number of carbonyl (C=O) groups is 1. The minimum atomic E-state index is -4.68. The highest BCUT2D eigenvalue weighted by atomic mass is 32.2. The Kier molecular flexibility index (Phi) is 7.27. The molecular weight excluding hydrogens is 624 g/mol. The van der Waals surface area contributed by atoms with Crippen LogP contribution in [-0.4, -0.2) is 55.6 Å². The van der Waals surface area contributed by atoms with Crippen molar-refractivity contribution in [3.63, 3.8) is 0 Å². The second kappa shape index (κ2) is 11.0. The zero-order valence-electron chi connectivity index (χ0n) is 24.8. The Hall–Kier alpha value is -4.17. The van der Waals surface area contributed by atoms with Crippen molar-refractivity contribution >= 4 is 21.9 Å². The molecule has 4 aromatic rings. The van der Waals surface area contributed by atoms with Crippen LogP contribution >= 0.6 is 0 Å². The van der Waals surface area contributed by atoms with Gasteiger partial charge in [0.2, 0.25) is 10.0 Å². The summed E-state index contributed by atoms with van der Waals surface area (Å²) in [7, 11) is -4.00. The van der Waals surface area contributed by atoms with E-state index >= 15 is 0 Å². The molecule has 0 unspecified atom stereocenters. The van der Waals surface area contributed by atoms with E-state index in [4.69, 9.17) is 0 Å². The van der Waals surface area contributed by atoms with Crippen LogP contribution in [0.4, 0.5) is 17.6 Å². The van der Waals surface area contributed by atoms with Crippen molar-refractivity contribution < 1.29 is 30.8 Å². The Morgan fingerprint density at radius 2 is 1.85 bits per heavy atom. The van der Waals surface area contributed by atoms with Gasteiger partial charge >= 0.3 is 6.18 Å². The summed E-state index contributed by atoms with van der Waals surface area (Å²) in [6.07, 6.45) is 5.27. The molecule has 2 saturated carbocycles. The molecule has 240 valence electrons. The van der Waals surface area contributed by atoms with Gasteiger partial charge in [0.05, 0.1) is 40.8 Å². The van der Waals surface area contributed by atoms with Gasteiger partial charge in [-0.2, -0.15) is 27.7 Å². The number of halogens is 4. The van der Waals surface area contributed by atoms with Crippen LogP contribution in [0, 0.1) is 11.2 Å². The zero-order chi connectivity index (χ0) is 32.4. The number of nitrogens with zero attached hydrogens (tertiary/aromatic N) is 6. The highest BCUT2D eigenvalue weighted by Gasteiger charge is 2.52. The van der Waals surface area contributed by atoms with Gasteiger partial charge in [-0.05, 0) is 86.6 Å². The maximum absolute atomic E-state index is 14.5. The average molecular weight is 655 g/mol. The third kappa shape index (κ3) is 5.16. The monoisotopic (exact) mass is 654 g/mol. The molecule has 2 fully saturated rings. The number of allylic oxidation sites excluding steroid dienone is 1. The van der Waals surface area contributed by atoms with E-state index in [9.17, 15) is 30.8 Å². The lowest BCUT2D eigenvalue weighted by Gasteiger charge is -2.46. The lowest BCUT2D eigenvalue weighted by atomic mass is 9.60. The first-order valence-corrected chi connectivity index (χ1v) is 16.5. The number of ketones is 1. The average Bonchev–Trinajstić information content (AvgIpc) is 3.61. The molecule has 0 aliphatic heterocycles. The third-order valence-electron chi connectivity index (χ3n) is 9.29. The molecule has 0 radical (unpaired) electrons. The second-order valence-corrected chi connectivity index (χ2v) is 14.0. The molecule has 0 amide bonds. The largest absolute Gasteiger partial charge is 0.416 e. The molecule has 3 aliphatic carbocycles. The number of rotatable bonds is 8. The molecule has 0 saturated heterocycles. The number of hydrogen-bond donors (Lipinski definition) is 0. The maximum Gasteiger partial charge on any atom is 0.416 e. The fourth-order valence-electron chi connectivity index (χ4n) is 6.85. The number of benzene rings is 1. The standard InChI is InChI=1S/C32H30F4N6O3S/c1-2-41(46(44,45)27-18-38-40(19-27)24-9-10-24)26-6-3-21-14-29-20(17-39-42(29)25-7-4-23(33)5-8-25)15-31(21,16-26)30(43)28-13-22(11-12-37-28)32(34,35)36/h4-5,7-8,11-14,17-19,24,26H,2-3,6,9-10,15-16H2,1H3/t26-,31-/m0/s1. The molecule has 2 atom stereocenters. The molecule has 1 aromatic carbocycles. The van der Waals surface area contributed by atoms with E-state index < -0.39 is 44.8 Å².